The van der Waals surface area contributed by atoms with Crippen LogP contribution >= 0.6 is 12.4 Å². The second-order valence-electron chi connectivity index (χ2n) is 6.79. The van der Waals surface area contributed by atoms with E-state index >= 15 is 0 Å². The fourth-order valence-corrected chi connectivity index (χ4v) is 3.35. The molecule has 0 saturated carbocycles. The number of hydrogen-bond acceptors (Lipinski definition) is 2. The second-order valence-corrected chi connectivity index (χ2v) is 6.79. The van der Waals surface area contributed by atoms with E-state index in [4.69, 9.17) is 0 Å². The summed E-state index contributed by atoms with van der Waals surface area (Å²) in [5.74, 6) is 0.241. The first-order valence-corrected chi connectivity index (χ1v) is 8.19. The summed E-state index contributed by atoms with van der Waals surface area (Å²) >= 11 is 0. The molecule has 24 heavy (non-hydrogen) atoms. The first-order chi connectivity index (χ1) is 10.9. The number of carbonyl (C=O) groups excluding carboxylic acids is 1. The smallest absolute Gasteiger partial charge is 0.168 e. The van der Waals surface area contributed by atoms with Gasteiger partial charge in [-0.05, 0) is 58.0 Å². The number of benzene rings is 2. The molecule has 0 aliphatic carbocycles. The summed E-state index contributed by atoms with van der Waals surface area (Å²) in [6, 6.07) is 14.5. The number of aryl methyl sites for hydroxylation is 3. The fourth-order valence-electron chi connectivity index (χ4n) is 3.35. The lowest BCUT2D eigenvalue weighted by Crippen LogP contribution is -2.30. The quantitative estimate of drug-likeness (QED) is 0.711. The highest BCUT2D eigenvalue weighted by Crippen LogP contribution is 2.22. The van der Waals surface area contributed by atoms with Gasteiger partial charge in [-0.3, -0.25) is 4.79 Å². The average Bonchev–Trinajstić information content (AvgIpc) is 2.46. The van der Waals surface area contributed by atoms with Crippen molar-refractivity contribution in [3.63, 3.8) is 0 Å². The van der Waals surface area contributed by atoms with Crippen molar-refractivity contribution in [1.29, 1.82) is 0 Å². The largest absolute Gasteiger partial charge is 0.309 e. The molecule has 2 nitrogen and oxygen atoms in total. The van der Waals surface area contributed by atoms with E-state index in [1.54, 1.807) is 0 Å². The van der Waals surface area contributed by atoms with Crippen LogP contribution in [0.15, 0.2) is 42.5 Å². The zero-order valence-corrected chi connectivity index (χ0v) is 16.1. The molecule has 0 saturated heterocycles. The highest BCUT2D eigenvalue weighted by molar-refractivity contribution is 6.00. The van der Waals surface area contributed by atoms with Gasteiger partial charge in [-0.25, -0.2) is 0 Å². The summed E-state index contributed by atoms with van der Waals surface area (Å²) in [5.41, 5.74) is 5.51. The molecule has 0 bridgehead atoms. The van der Waals surface area contributed by atoms with E-state index in [-0.39, 0.29) is 24.1 Å². The number of rotatable bonds is 6. The molecule has 0 fully saturated rings. The monoisotopic (exact) mass is 345 g/mol. The van der Waals surface area contributed by atoms with E-state index in [1.165, 1.54) is 11.1 Å². The number of Topliss-reactive ketones (excluding diaryl/α,β-unsaturated/α-hetero) is 1. The first-order valence-electron chi connectivity index (χ1n) is 8.19. The zero-order valence-electron chi connectivity index (χ0n) is 15.3. The van der Waals surface area contributed by atoms with E-state index in [9.17, 15) is 4.79 Å². The lowest BCUT2D eigenvalue weighted by atomic mass is 9.86. The van der Waals surface area contributed by atoms with Gasteiger partial charge in [0.1, 0.15) is 0 Å². The van der Waals surface area contributed by atoms with Crippen LogP contribution in [0.1, 0.15) is 32.6 Å². The highest BCUT2D eigenvalue weighted by Gasteiger charge is 2.24. The van der Waals surface area contributed by atoms with Gasteiger partial charge in [-0.1, -0.05) is 48.0 Å². The molecule has 0 amide bonds. The third-order valence-corrected chi connectivity index (χ3v) is 4.20. The molecule has 0 aliphatic heterocycles. The van der Waals surface area contributed by atoms with Crippen LogP contribution in [0.2, 0.25) is 0 Å². The van der Waals surface area contributed by atoms with Crippen molar-refractivity contribution >= 4 is 18.2 Å². The van der Waals surface area contributed by atoms with Crippen molar-refractivity contribution in [2.24, 2.45) is 5.92 Å². The van der Waals surface area contributed by atoms with Crippen molar-refractivity contribution in [2.75, 3.05) is 20.6 Å². The predicted molar refractivity (Wildman–Crippen MR) is 104 cm³/mol. The topological polar surface area (TPSA) is 20.3 Å². The lowest BCUT2D eigenvalue weighted by molar-refractivity contribution is 0.0895. The minimum atomic E-state index is -0.0208. The van der Waals surface area contributed by atoms with Gasteiger partial charge in [0, 0.05) is 18.0 Å². The lowest BCUT2D eigenvalue weighted by Gasteiger charge is -2.22. The number of ketones is 1. The normalized spacial score (nSPS) is 11.9. The number of hydrogen-bond donors (Lipinski definition) is 0. The second kappa shape index (κ2) is 9.00. The van der Waals surface area contributed by atoms with Crippen LogP contribution in [0.25, 0.3) is 0 Å². The Morgan fingerprint density at radius 2 is 1.54 bits per heavy atom. The predicted octanol–water partition coefficient (Wildman–Crippen LogP) is 4.64. The zero-order chi connectivity index (χ0) is 17.0. The van der Waals surface area contributed by atoms with E-state index < -0.39 is 0 Å². The third-order valence-electron chi connectivity index (χ3n) is 4.20. The third kappa shape index (κ3) is 5.19. The minimum absolute atomic E-state index is 0. The molecule has 0 spiro atoms. The van der Waals surface area contributed by atoms with Crippen LogP contribution < -0.4 is 0 Å². The van der Waals surface area contributed by atoms with E-state index in [0.717, 1.165) is 29.7 Å². The highest BCUT2D eigenvalue weighted by atomic mass is 35.5. The molecule has 2 aromatic carbocycles. The molecular weight excluding hydrogens is 318 g/mol. The Hall–Kier alpha value is -1.64. The summed E-state index contributed by atoms with van der Waals surface area (Å²) < 4.78 is 0. The van der Waals surface area contributed by atoms with Gasteiger partial charge in [-0.15, -0.1) is 12.4 Å². The van der Waals surface area contributed by atoms with Crippen molar-refractivity contribution in [1.82, 2.24) is 4.90 Å². The summed E-state index contributed by atoms with van der Waals surface area (Å²) in [6.07, 6.45) is 0.782. The van der Waals surface area contributed by atoms with Crippen LogP contribution in [0.3, 0.4) is 0 Å². The van der Waals surface area contributed by atoms with Crippen molar-refractivity contribution < 1.29 is 4.79 Å². The number of carbonyl (C=O) groups is 1. The molecule has 2 rings (SSSR count). The molecule has 0 radical (unpaired) electrons. The Bertz CT molecular complexity index is 656. The molecule has 0 N–H and O–H groups in total. The van der Waals surface area contributed by atoms with E-state index in [2.05, 4.69) is 36.1 Å². The molecule has 0 heterocycles. The maximum Gasteiger partial charge on any atom is 0.168 e. The van der Waals surface area contributed by atoms with Crippen LogP contribution in [0.5, 0.6) is 0 Å². The van der Waals surface area contributed by atoms with Crippen LogP contribution in [-0.2, 0) is 6.42 Å². The molecule has 3 heteroatoms. The molecule has 0 aromatic heterocycles. The fraction of sp³-hybridized carbons (Fsp3) is 0.381. The standard InChI is InChI=1S/C21H27NO.ClH/c1-15-11-16(2)20(17(3)12-15)21(23)19(14-22(4)5)13-18-9-7-6-8-10-18;/h6-12,19H,13-14H2,1-5H3;1H/t19-;/m0./s1. The van der Waals surface area contributed by atoms with Gasteiger partial charge in [-0.2, -0.15) is 0 Å². The Kier molecular flexibility index (Phi) is 7.65. The van der Waals surface area contributed by atoms with Gasteiger partial charge >= 0.3 is 0 Å². The van der Waals surface area contributed by atoms with Crippen LogP contribution in [0.4, 0.5) is 0 Å². The van der Waals surface area contributed by atoms with Gasteiger partial charge < -0.3 is 4.90 Å². The molecule has 130 valence electrons. The molecule has 0 unspecified atom stereocenters. The van der Waals surface area contributed by atoms with Crippen molar-refractivity contribution in [3.8, 4) is 0 Å². The number of nitrogens with zero attached hydrogens (tertiary/aromatic N) is 1. The first kappa shape index (κ1) is 20.4. The molecular formula is C21H28ClNO. The van der Waals surface area contributed by atoms with Crippen molar-refractivity contribution in [3.05, 3.63) is 70.3 Å². The Morgan fingerprint density at radius 3 is 2.04 bits per heavy atom. The SMILES string of the molecule is Cc1cc(C)c(C(=O)[C@@H](Cc2ccccc2)CN(C)C)c(C)c1.Cl. The Labute approximate surface area is 152 Å². The maximum absolute atomic E-state index is 13.2. The number of halogens is 1. The summed E-state index contributed by atoms with van der Waals surface area (Å²) in [7, 11) is 4.06. The summed E-state index contributed by atoms with van der Waals surface area (Å²) in [6.45, 7) is 6.93. The Balaban J connectivity index is 0.00000288. The summed E-state index contributed by atoms with van der Waals surface area (Å²) in [5, 5.41) is 0. The molecule has 2 aromatic rings. The van der Waals surface area contributed by atoms with Gasteiger partial charge in [0.15, 0.2) is 5.78 Å². The van der Waals surface area contributed by atoms with E-state index in [0.29, 0.717) is 0 Å². The maximum atomic E-state index is 13.2. The van der Waals surface area contributed by atoms with Crippen LogP contribution in [-0.4, -0.2) is 31.3 Å². The van der Waals surface area contributed by atoms with Gasteiger partial charge in [0.25, 0.3) is 0 Å². The molecule has 1 atom stereocenters. The van der Waals surface area contributed by atoms with E-state index in [1.807, 2.05) is 46.1 Å². The van der Waals surface area contributed by atoms with Crippen LogP contribution in [0, 0.1) is 26.7 Å². The van der Waals surface area contributed by atoms with Gasteiger partial charge in [0.2, 0.25) is 0 Å². The Morgan fingerprint density at radius 1 is 1.00 bits per heavy atom. The minimum Gasteiger partial charge on any atom is -0.309 e. The van der Waals surface area contributed by atoms with Crippen molar-refractivity contribution in [2.45, 2.75) is 27.2 Å². The molecule has 0 aliphatic rings. The van der Waals surface area contributed by atoms with Gasteiger partial charge in [0.05, 0.1) is 0 Å². The summed E-state index contributed by atoms with van der Waals surface area (Å²) in [4.78, 5) is 15.3. The average molecular weight is 346 g/mol.